The van der Waals surface area contributed by atoms with E-state index in [-0.39, 0.29) is 11.9 Å². The zero-order valence-corrected chi connectivity index (χ0v) is 8.32. The van der Waals surface area contributed by atoms with Gasteiger partial charge in [0, 0.05) is 6.42 Å². The second-order valence-corrected chi connectivity index (χ2v) is 2.86. The molecular formula is C7H14N6O. The van der Waals surface area contributed by atoms with Crippen LogP contribution in [0.4, 0.5) is 5.95 Å². The minimum Gasteiger partial charge on any atom is -0.320 e. The van der Waals surface area contributed by atoms with Crippen LogP contribution in [-0.4, -0.2) is 39.7 Å². The molecule has 14 heavy (non-hydrogen) atoms. The van der Waals surface area contributed by atoms with Gasteiger partial charge in [0.15, 0.2) is 0 Å². The molecule has 0 spiro atoms. The van der Waals surface area contributed by atoms with Crippen molar-refractivity contribution >= 4 is 11.9 Å². The number of amides is 1. The van der Waals surface area contributed by atoms with E-state index in [0.717, 1.165) is 13.0 Å². The van der Waals surface area contributed by atoms with Crippen LogP contribution in [0.2, 0.25) is 0 Å². The number of aryl methyl sites for hydroxylation is 1. The zero-order chi connectivity index (χ0) is 10.4. The van der Waals surface area contributed by atoms with Gasteiger partial charge in [0.25, 0.3) is 5.95 Å². The average molecular weight is 198 g/mol. The number of carbonyl (C=O) groups is 1. The van der Waals surface area contributed by atoms with Crippen LogP contribution in [-0.2, 0) is 11.8 Å². The van der Waals surface area contributed by atoms with Crippen LogP contribution in [0.5, 0.6) is 0 Å². The first-order valence-electron chi connectivity index (χ1n) is 4.41. The molecule has 0 saturated heterocycles. The fraction of sp³-hybridized carbons (Fsp3) is 0.714. The summed E-state index contributed by atoms with van der Waals surface area (Å²) in [5.41, 5.74) is 0. The van der Waals surface area contributed by atoms with Crippen LogP contribution in [0.25, 0.3) is 0 Å². The van der Waals surface area contributed by atoms with E-state index in [1.807, 2.05) is 7.05 Å². The van der Waals surface area contributed by atoms with E-state index in [4.69, 9.17) is 0 Å². The normalized spacial score (nSPS) is 10.1. The Kier molecular flexibility index (Phi) is 3.99. The molecule has 0 saturated carbocycles. The number of carbonyl (C=O) groups excluding carboxylic acids is 1. The van der Waals surface area contributed by atoms with E-state index in [0.29, 0.717) is 6.42 Å². The molecule has 7 heteroatoms. The maximum absolute atomic E-state index is 11.2. The first kappa shape index (κ1) is 10.6. The average Bonchev–Trinajstić information content (AvgIpc) is 2.52. The third kappa shape index (κ3) is 3.48. The lowest BCUT2D eigenvalue weighted by Gasteiger charge is -1.99. The molecule has 2 N–H and O–H groups in total. The number of tetrazole rings is 1. The van der Waals surface area contributed by atoms with Gasteiger partial charge in [0.2, 0.25) is 5.91 Å². The molecule has 1 aromatic heterocycles. The van der Waals surface area contributed by atoms with Gasteiger partial charge in [-0.1, -0.05) is 5.10 Å². The van der Waals surface area contributed by atoms with Crippen molar-refractivity contribution in [3.8, 4) is 0 Å². The molecule has 0 aliphatic carbocycles. The van der Waals surface area contributed by atoms with Gasteiger partial charge in [-0.3, -0.25) is 10.1 Å². The van der Waals surface area contributed by atoms with Gasteiger partial charge < -0.3 is 5.32 Å². The van der Waals surface area contributed by atoms with Crippen LogP contribution in [0.1, 0.15) is 12.8 Å². The molecule has 0 atom stereocenters. The molecular weight excluding hydrogens is 184 g/mol. The maximum Gasteiger partial charge on any atom is 0.270 e. The summed E-state index contributed by atoms with van der Waals surface area (Å²) < 4.78 is 0. The van der Waals surface area contributed by atoms with Gasteiger partial charge in [-0.2, -0.15) is 4.80 Å². The number of hydrogen-bond donors (Lipinski definition) is 2. The first-order chi connectivity index (χ1) is 6.72. The molecule has 0 fully saturated rings. The number of hydrogen-bond acceptors (Lipinski definition) is 5. The molecule has 78 valence electrons. The molecule has 1 amide bonds. The third-order valence-corrected chi connectivity index (χ3v) is 1.59. The third-order valence-electron chi connectivity index (χ3n) is 1.59. The molecule has 0 aliphatic heterocycles. The molecule has 7 nitrogen and oxygen atoms in total. The highest BCUT2D eigenvalue weighted by Gasteiger charge is 2.05. The number of anilines is 1. The predicted molar refractivity (Wildman–Crippen MR) is 50.6 cm³/mol. The number of aromatic nitrogens is 4. The largest absolute Gasteiger partial charge is 0.320 e. The highest BCUT2D eigenvalue weighted by Crippen LogP contribution is 1.95. The Labute approximate surface area is 81.9 Å². The molecule has 0 bridgehead atoms. The maximum atomic E-state index is 11.2. The van der Waals surface area contributed by atoms with Crippen LogP contribution >= 0.6 is 0 Å². The smallest absolute Gasteiger partial charge is 0.270 e. The Morgan fingerprint density at radius 3 is 2.93 bits per heavy atom. The van der Waals surface area contributed by atoms with Gasteiger partial charge >= 0.3 is 0 Å². The van der Waals surface area contributed by atoms with Gasteiger partial charge in [-0.15, -0.1) is 5.10 Å². The van der Waals surface area contributed by atoms with Crippen LogP contribution in [0, 0.1) is 0 Å². The number of nitrogens with one attached hydrogen (secondary N) is 2. The summed E-state index contributed by atoms with van der Waals surface area (Å²) in [6.07, 6.45) is 1.25. The summed E-state index contributed by atoms with van der Waals surface area (Å²) in [5.74, 6) is 0.162. The Hall–Kier alpha value is -1.50. The topological polar surface area (TPSA) is 84.7 Å². The van der Waals surface area contributed by atoms with Gasteiger partial charge in [-0.05, 0) is 25.2 Å². The van der Waals surface area contributed by atoms with Gasteiger partial charge in [-0.25, -0.2) is 0 Å². The predicted octanol–water partition coefficient (Wildman–Crippen LogP) is -0.852. The van der Waals surface area contributed by atoms with Crippen molar-refractivity contribution in [2.45, 2.75) is 12.8 Å². The Balaban J connectivity index is 2.27. The lowest BCUT2D eigenvalue weighted by atomic mass is 10.3. The number of nitrogens with zero attached hydrogens (tertiary/aromatic N) is 4. The summed E-state index contributed by atoms with van der Waals surface area (Å²) >= 11 is 0. The van der Waals surface area contributed by atoms with Crippen molar-refractivity contribution in [2.24, 2.45) is 7.05 Å². The number of rotatable bonds is 5. The van der Waals surface area contributed by atoms with Crippen molar-refractivity contribution in [1.82, 2.24) is 25.5 Å². The van der Waals surface area contributed by atoms with E-state index >= 15 is 0 Å². The van der Waals surface area contributed by atoms with E-state index in [1.54, 1.807) is 7.05 Å². The van der Waals surface area contributed by atoms with Crippen molar-refractivity contribution in [3.05, 3.63) is 0 Å². The minimum atomic E-state index is -0.0896. The Bertz CT molecular complexity index is 296. The van der Waals surface area contributed by atoms with E-state index in [2.05, 4.69) is 26.0 Å². The van der Waals surface area contributed by atoms with E-state index in [9.17, 15) is 4.79 Å². The SMILES string of the molecule is CNCCCC(=O)Nc1nnn(C)n1. The highest BCUT2D eigenvalue weighted by molar-refractivity contribution is 5.88. The lowest BCUT2D eigenvalue weighted by molar-refractivity contribution is -0.116. The molecule has 1 aromatic rings. The summed E-state index contributed by atoms with van der Waals surface area (Å²) in [5, 5.41) is 16.6. The second-order valence-electron chi connectivity index (χ2n) is 2.86. The van der Waals surface area contributed by atoms with Crippen molar-refractivity contribution in [1.29, 1.82) is 0 Å². The quantitative estimate of drug-likeness (QED) is 0.602. The second kappa shape index (κ2) is 5.28. The molecule has 1 rings (SSSR count). The zero-order valence-electron chi connectivity index (χ0n) is 8.32. The fourth-order valence-electron chi connectivity index (χ4n) is 0.947. The van der Waals surface area contributed by atoms with Gasteiger partial charge in [0.05, 0.1) is 7.05 Å². The summed E-state index contributed by atoms with van der Waals surface area (Å²) in [6, 6.07) is 0. The summed E-state index contributed by atoms with van der Waals surface area (Å²) in [6.45, 7) is 0.821. The van der Waals surface area contributed by atoms with Crippen LogP contribution in [0.3, 0.4) is 0 Å². The molecule has 0 radical (unpaired) electrons. The van der Waals surface area contributed by atoms with Crippen LogP contribution < -0.4 is 10.6 Å². The van der Waals surface area contributed by atoms with Gasteiger partial charge in [0.1, 0.15) is 0 Å². The fourth-order valence-corrected chi connectivity index (χ4v) is 0.947. The Morgan fingerprint density at radius 2 is 2.36 bits per heavy atom. The molecule has 1 heterocycles. The lowest BCUT2D eigenvalue weighted by Crippen LogP contribution is -2.16. The highest BCUT2D eigenvalue weighted by atomic mass is 16.1. The Morgan fingerprint density at radius 1 is 1.57 bits per heavy atom. The van der Waals surface area contributed by atoms with Crippen LogP contribution in [0.15, 0.2) is 0 Å². The minimum absolute atomic E-state index is 0.0896. The molecule has 0 aromatic carbocycles. The molecule has 0 unspecified atom stereocenters. The van der Waals surface area contributed by atoms with Crippen molar-refractivity contribution < 1.29 is 4.79 Å². The summed E-state index contributed by atoms with van der Waals surface area (Å²) in [4.78, 5) is 12.5. The van der Waals surface area contributed by atoms with E-state index < -0.39 is 0 Å². The van der Waals surface area contributed by atoms with E-state index in [1.165, 1.54) is 4.80 Å². The molecule has 0 aliphatic rings. The van der Waals surface area contributed by atoms with Crippen molar-refractivity contribution in [3.63, 3.8) is 0 Å². The summed E-state index contributed by atoms with van der Waals surface area (Å²) in [7, 11) is 3.49. The first-order valence-corrected chi connectivity index (χ1v) is 4.41. The monoisotopic (exact) mass is 198 g/mol. The standard InChI is InChI=1S/C7H14N6O/c1-8-5-3-4-6(14)9-7-10-12-13(2)11-7/h8H,3-5H2,1-2H3,(H,9,11,14). The van der Waals surface area contributed by atoms with Crippen molar-refractivity contribution in [2.75, 3.05) is 18.9 Å².